The van der Waals surface area contributed by atoms with Gasteiger partial charge >= 0.3 is 5.97 Å². The molecular formula is C16H17Cl2N3O3. The highest BCUT2D eigenvalue weighted by atomic mass is 35.5. The summed E-state index contributed by atoms with van der Waals surface area (Å²) in [5.41, 5.74) is 0.127. The topological polar surface area (TPSA) is 84.2 Å². The van der Waals surface area contributed by atoms with E-state index in [0.717, 1.165) is 0 Å². The van der Waals surface area contributed by atoms with Crippen molar-refractivity contribution in [2.45, 2.75) is 32.7 Å². The molecule has 0 saturated carbocycles. The number of amides is 1. The van der Waals surface area contributed by atoms with E-state index in [9.17, 15) is 14.7 Å². The molecule has 2 rings (SSSR count). The van der Waals surface area contributed by atoms with Crippen molar-refractivity contribution >= 4 is 35.1 Å². The molecule has 6 nitrogen and oxygen atoms in total. The summed E-state index contributed by atoms with van der Waals surface area (Å²) in [5, 5.41) is 16.8. The molecule has 2 N–H and O–H groups in total. The number of aliphatic carboxylic acids is 1. The first kappa shape index (κ1) is 18.3. The first-order chi connectivity index (χ1) is 11.2. The second-order valence-electron chi connectivity index (χ2n) is 5.63. The van der Waals surface area contributed by atoms with Gasteiger partial charge < -0.3 is 10.4 Å². The summed E-state index contributed by atoms with van der Waals surface area (Å²) >= 11 is 11.9. The molecule has 0 radical (unpaired) electrons. The van der Waals surface area contributed by atoms with E-state index in [4.69, 9.17) is 23.2 Å². The molecule has 1 unspecified atom stereocenters. The number of carboxylic acid groups (broad SMARTS) is 1. The van der Waals surface area contributed by atoms with Crippen molar-refractivity contribution in [1.29, 1.82) is 0 Å². The van der Waals surface area contributed by atoms with Gasteiger partial charge in [-0.1, -0.05) is 30.1 Å². The van der Waals surface area contributed by atoms with Crippen molar-refractivity contribution in [2.75, 3.05) is 0 Å². The van der Waals surface area contributed by atoms with Gasteiger partial charge in [-0.3, -0.25) is 4.79 Å². The molecule has 1 amide bonds. The average molecular weight is 370 g/mol. The molecule has 0 aliphatic heterocycles. The number of carboxylic acids is 1. The maximum absolute atomic E-state index is 12.3. The van der Waals surface area contributed by atoms with E-state index in [0.29, 0.717) is 21.4 Å². The second kappa shape index (κ2) is 6.83. The minimum absolute atomic E-state index is 0.125. The van der Waals surface area contributed by atoms with Gasteiger partial charge in [0.2, 0.25) is 0 Å². The summed E-state index contributed by atoms with van der Waals surface area (Å²) < 4.78 is 1.54. The molecule has 0 aliphatic rings. The maximum Gasteiger partial charge on any atom is 0.329 e. The molecular weight excluding hydrogens is 353 g/mol. The Hall–Kier alpha value is -2.05. The summed E-state index contributed by atoms with van der Waals surface area (Å²) in [6.45, 7) is 4.92. The molecule has 2 aromatic rings. The highest BCUT2D eigenvalue weighted by Crippen LogP contribution is 2.25. The van der Waals surface area contributed by atoms with E-state index < -0.39 is 17.4 Å². The molecule has 1 aromatic carbocycles. The third-order valence-electron chi connectivity index (χ3n) is 3.84. The van der Waals surface area contributed by atoms with Crippen LogP contribution in [-0.4, -0.2) is 32.3 Å². The minimum Gasteiger partial charge on any atom is -0.480 e. The molecule has 0 aliphatic carbocycles. The minimum atomic E-state index is -1.35. The van der Waals surface area contributed by atoms with Crippen molar-refractivity contribution < 1.29 is 14.7 Å². The van der Waals surface area contributed by atoms with Crippen LogP contribution in [0.15, 0.2) is 24.3 Å². The van der Waals surface area contributed by atoms with Crippen LogP contribution in [0.3, 0.4) is 0 Å². The lowest BCUT2D eigenvalue weighted by molar-refractivity contribution is -0.143. The van der Waals surface area contributed by atoms with Crippen LogP contribution in [0.5, 0.6) is 0 Å². The molecule has 1 atom stereocenters. The Balaban J connectivity index is 2.32. The molecule has 8 heteroatoms. The van der Waals surface area contributed by atoms with Crippen LogP contribution in [-0.2, 0) is 4.79 Å². The van der Waals surface area contributed by atoms with E-state index in [2.05, 4.69) is 10.4 Å². The molecule has 1 aromatic heterocycles. The zero-order chi connectivity index (χ0) is 18.1. The third kappa shape index (κ3) is 3.55. The van der Waals surface area contributed by atoms with Gasteiger partial charge in [-0.2, -0.15) is 5.10 Å². The van der Waals surface area contributed by atoms with Crippen molar-refractivity contribution in [3.05, 3.63) is 45.7 Å². The third-order valence-corrected chi connectivity index (χ3v) is 4.58. The summed E-state index contributed by atoms with van der Waals surface area (Å²) in [7, 11) is 0. The van der Waals surface area contributed by atoms with Crippen LogP contribution in [0.4, 0.5) is 0 Å². The largest absolute Gasteiger partial charge is 0.480 e. The number of carbonyl (C=O) groups excluding carboxylic acids is 1. The van der Waals surface area contributed by atoms with E-state index in [1.54, 1.807) is 42.8 Å². The molecule has 24 heavy (non-hydrogen) atoms. The predicted octanol–water partition coefficient (Wildman–Crippen LogP) is 3.47. The number of aryl methyl sites for hydroxylation is 1. The Labute approximate surface area is 149 Å². The number of aromatic nitrogens is 2. The number of carbonyl (C=O) groups is 2. The average Bonchev–Trinajstić information content (AvgIpc) is 2.91. The fourth-order valence-corrected chi connectivity index (χ4v) is 2.36. The second-order valence-corrected chi connectivity index (χ2v) is 6.44. The van der Waals surface area contributed by atoms with Crippen LogP contribution in [0, 0.1) is 6.92 Å². The molecule has 0 spiro atoms. The van der Waals surface area contributed by atoms with Gasteiger partial charge in [0.15, 0.2) is 5.69 Å². The first-order valence-electron chi connectivity index (χ1n) is 7.26. The van der Waals surface area contributed by atoms with E-state index in [1.807, 2.05) is 0 Å². The molecule has 1 heterocycles. The lowest BCUT2D eigenvalue weighted by atomic mass is 9.99. The Morgan fingerprint density at radius 2 is 1.96 bits per heavy atom. The smallest absolute Gasteiger partial charge is 0.329 e. The van der Waals surface area contributed by atoms with E-state index in [1.165, 1.54) is 6.92 Å². The number of halogens is 2. The van der Waals surface area contributed by atoms with Crippen LogP contribution in [0.2, 0.25) is 10.0 Å². The maximum atomic E-state index is 12.3. The fraction of sp³-hybridized carbons (Fsp3) is 0.312. The Bertz CT molecular complexity index is 804. The Morgan fingerprint density at radius 1 is 1.29 bits per heavy atom. The first-order valence-corrected chi connectivity index (χ1v) is 8.01. The lowest BCUT2D eigenvalue weighted by Gasteiger charge is -2.23. The number of nitrogens with zero attached hydrogens (tertiary/aromatic N) is 2. The summed E-state index contributed by atoms with van der Waals surface area (Å²) in [4.78, 5) is 23.7. The summed E-state index contributed by atoms with van der Waals surface area (Å²) in [5.74, 6) is -1.65. The number of nitrogens with one attached hydrogen (secondary N) is 1. The van der Waals surface area contributed by atoms with Crippen LogP contribution in [0.25, 0.3) is 5.69 Å². The quantitative estimate of drug-likeness (QED) is 0.844. The number of hydrogen-bond donors (Lipinski definition) is 2. The zero-order valence-electron chi connectivity index (χ0n) is 13.4. The van der Waals surface area contributed by atoms with Gasteiger partial charge in [-0.15, -0.1) is 0 Å². The van der Waals surface area contributed by atoms with Crippen molar-refractivity contribution in [3.8, 4) is 5.69 Å². The molecule has 0 bridgehead atoms. The standard InChI is InChI=1S/C16H17Cl2N3O3/c1-4-16(3,15(23)24)19-14(22)13-7-9(2)21(20-13)10-5-6-11(17)12(18)8-10/h5-8H,4H2,1-3H3,(H,19,22)(H,23,24). The van der Waals surface area contributed by atoms with Crippen LogP contribution < -0.4 is 5.32 Å². The van der Waals surface area contributed by atoms with Crippen molar-refractivity contribution in [2.24, 2.45) is 0 Å². The van der Waals surface area contributed by atoms with E-state index >= 15 is 0 Å². The SMILES string of the molecule is CCC(C)(NC(=O)c1cc(C)n(-c2ccc(Cl)c(Cl)c2)n1)C(=O)O. The predicted molar refractivity (Wildman–Crippen MR) is 92.1 cm³/mol. The summed E-state index contributed by atoms with van der Waals surface area (Å²) in [6.07, 6.45) is 0.251. The lowest BCUT2D eigenvalue weighted by Crippen LogP contribution is -2.51. The monoisotopic (exact) mass is 369 g/mol. The van der Waals surface area contributed by atoms with Crippen molar-refractivity contribution in [1.82, 2.24) is 15.1 Å². The fourth-order valence-electron chi connectivity index (χ4n) is 2.07. The van der Waals surface area contributed by atoms with Gasteiger partial charge in [-0.25, -0.2) is 9.48 Å². The van der Waals surface area contributed by atoms with E-state index in [-0.39, 0.29) is 12.1 Å². The van der Waals surface area contributed by atoms with Gasteiger partial charge in [0, 0.05) is 5.69 Å². The van der Waals surface area contributed by atoms with Crippen LogP contribution in [0.1, 0.15) is 36.5 Å². The number of hydrogen-bond acceptors (Lipinski definition) is 3. The van der Waals surface area contributed by atoms with Gasteiger partial charge in [0.1, 0.15) is 5.54 Å². The van der Waals surface area contributed by atoms with Gasteiger partial charge in [-0.05, 0) is 44.5 Å². The molecule has 128 valence electrons. The Morgan fingerprint density at radius 3 is 2.50 bits per heavy atom. The Kier molecular flexibility index (Phi) is 5.20. The van der Waals surface area contributed by atoms with Crippen LogP contribution >= 0.6 is 23.2 Å². The molecule has 0 saturated heterocycles. The number of rotatable bonds is 5. The van der Waals surface area contributed by atoms with Crippen molar-refractivity contribution in [3.63, 3.8) is 0 Å². The zero-order valence-corrected chi connectivity index (χ0v) is 14.9. The molecule has 0 fully saturated rings. The van der Waals surface area contributed by atoms with Gasteiger partial charge in [0.05, 0.1) is 15.7 Å². The summed E-state index contributed by atoms with van der Waals surface area (Å²) in [6, 6.07) is 6.58. The highest BCUT2D eigenvalue weighted by molar-refractivity contribution is 6.42. The number of benzene rings is 1. The normalized spacial score (nSPS) is 13.4. The highest BCUT2D eigenvalue weighted by Gasteiger charge is 2.33. The van der Waals surface area contributed by atoms with Gasteiger partial charge in [0.25, 0.3) is 5.91 Å².